The predicted octanol–water partition coefficient (Wildman–Crippen LogP) is 1.73. The molecule has 0 aromatic carbocycles. The van der Waals surface area contributed by atoms with Crippen molar-refractivity contribution in [2.75, 3.05) is 43.3 Å². The maximum atomic E-state index is 12.3. The van der Waals surface area contributed by atoms with Crippen LogP contribution < -0.4 is 4.31 Å². The maximum absolute atomic E-state index is 12.3. The van der Waals surface area contributed by atoms with Gasteiger partial charge in [0.15, 0.2) is 0 Å². The highest BCUT2D eigenvalue weighted by molar-refractivity contribution is 7.92. The number of amides is 1. The summed E-state index contributed by atoms with van der Waals surface area (Å²) >= 11 is 0. The van der Waals surface area contributed by atoms with Gasteiger partial charge in [-0.25, -0.2) is 18.2 Å². The fourth-order valence-corrected chi connectivity index (χ4v) is 6.10. The Morgan fingerprint density at radius 1 is 1.21 bits per heavy atom. The summed E-state index contributed by atoms with van der Waals surface area (Å²) in [6.45, 7) is 3.35. The zero-order valence-electron chi connectivity index (χ0n) is 16.2. The van der Waals surface area contributed by atoms with Crippen molar-refractivity contribution in [1.29, 1.82) is 0 Å². The number of hydrogen-bond donors (Lipinski definition) is 1. The Hall–Kier alpha value is -1.87. The summed E-state index contributed by atoms with van der Waals surface area (Å²) in [5.41, 5.74) is 0.911. The van der Waals surface area contributed by atoms with Crippen molar-refractivity contribution >= 4 is 21.9 Å². The SMILES string of the molecule is CS(=O)(=O)N1CC2(CCC(N3CCCN(C(=O)O)CC3)CC2)c2cccnc21. The van der Waals surface area contributed by atoms with Gasteiger partial charge in [-0.05, 0) is 38.2 Å². The molecule has 1 saturated carbocycles. The molecular weight excluding hydrogens is 380 g/mol. The van der Waals surface area contributed by atoms with E-state index in [0.717, 1.165) is 50.8 Å². The number of carbonyl (C=O) groups is 1. The largest absolute Gasteiger partial charge is 0.465 e. The van der Waals surface area contributed by atoms with Crippen LogP contribution in [0.15, 0.2) is 18.3 Å². The Morgan fingerprint density at radius 3 is 2.64 bits per heavy atom. The van der Waals surface area contributed by atoms with Gasteiger partial charge >= 0.3 is 6.09 Å². The second-order valence-corrected chi connectivity index (χ2v) is 10.2. The van der Waals surface area contributed by atoms with Crippen molar-refractivity contribution in [2.24, 2.45) is 0 Å². The third-order valence-electron chi connectivity index (χ3n) is 6.67. The number of fused-ring (bicyclic) bond motifs is 2. The van der Waals surface area contributed by atoms with Crippen LogP contribution in [-0.4, -0.2) is 79.4 Å². The zero-order chi connectivity index (χ0) is 19.9. The van der Waals surface area contributed by atoms with Gasteiger partial charge in [0.25, 0.3) is 0 Å². The molecule has 1 aliphatic carbocycles. The normalized spacial score (nSPS) is 29.0. The van der Waals surface area contributed by atoms with Crippen LogP contribution in [0.1, 0.15) is 37.7 Å². The van der Waals surface area contributed by atoms with E-state index in [9.17, 15) is 18.3 Å². The van der Waals surface area contributed by atoms with E-state index in [0.29, 0.717) is 31.5 Å². The first-order valence-corrected chi connectivity index (χ1v) is 11.8. The second kappa shape index (κ2) is 7.18. The van der Waals surface area contributed by atoms with Crippen LogP contribution in [-0.2, 0) is 15.4 Å². The average molecular weight is 409 g/mol. The molecule has 3 aliphatic rings. The van der Waals surface area contributed by atoms with E-state index in [-0.39, 0.29) is 5.41 Å². The molecular formula is C19H28N4O4S. The van der Waals surface area contributed by atoms with E-state index in [1.165, 1.54) is 15.5 Å². The highest BCUT2D eigenvalue weighted by Gasteiger charge is 2.48. The summed E-state index contributed by atoms with van der Waals surface area (Å²) in [6, 6.07) is 4.37. The number of sulfonamides is 1. The van der Waals surface area contributed by atoms with Crippen LogP contribution in [0.4, 0.5) is 10.6 Å². The zero-order valence-corrected chi connectivity index (χ0v) is 17.1. The number of aromatic nitrogens is 1. The molecule has 4 rings (SSSR count). The van der Waals surface area contributed by atoms with Gasteiger partial charge in [-0.3, -0.25) is 9.21 Å². The lowest BCUT2D eigenvalue weighted by atomic mass is 9.69. The highest BCUT2D eigenvalue weighted by atomic mass is 32.2. The van der Waals surface area contributed by atoms with Gasteiger partial charge < -0.3 is 10.0 Å². The van der Waals surface area contributed by atoms with Crippen molar-refractivity contribution in [3.8, 4) is 0 Å². The van der Waals surface area contributed by atoms with Crippen molar-refractivity contribution in [3.63, 3.8) is 0 Å². The summed E-state index contributed by atoms with van der Waals surface area (Å²) in [7, 11) is -3.35. The Labute approximate surface area is 166 Å². The minimum atomic E-state index is -3.35. The lowest BCUT2D eigenvalue weighted by Gasteiger charge is -2.41. The predicted molar refractivity (Wildman–Crippen MR) is 106 cm³/mol. The molecule has 8 nitrogen and oxygen atoms in total. The summed E-state index contributed by atoms with van der Waals surface area (Å²) in [5, 5.41) is 9.23. The van der Waals surface area contributed by atoms with Gasteiger partial charge in [0, 0.05) is 55.9 Å². The molecule has 1 aromatic rings. The van der Waals surface area contributed by atoms with E-state index in [1.54, 1.807) is 6.20 Å². The van der Waals surface area contributed by atoms with Crippen LogP contribution in [0.5, 0.6) is 0 Å². The highest BCUT2D eigenvalue weighted by Crippen LogP contribution is 2.49. The van der Waals surface area contributed by atoms with E-state index < -0.39 is 16.1 Å². The molecule has 1 saturated heterocycles. The molecule has 1 N–H and O–H groups in total. The number of pyridine rings is 1. The van der Waals surface area contributed by atoms with Crippen LogP contribution in [0.2, 0.25) is 0 Å². The molecule has 0 bridgehead atoms. The monoisotopic (exact) mass is 408 g/mol. The first-order valence-electron chi connectivity index (χ1n) is 9.95. The minimum absolute atomic E-state index is 0.151. The van der Waals surface area contributed by atoms with Crippen molar-refractivity contribution < 1.29 is 18.3 Å². The second-order valence-electron chi connectivity index (χ2n) is 8.31. The van der Waals surface area contributed by atoms with E-state index in [4.69, 9.17) is 0 Å². The molecule has 2 fully saturated rings. The molecule has 28 heavy (non-hydrogen) atoms. The van der Waals surface area contributed by atoms with E-state index >= 15 is 0 Å². The van der Waals surface area contributed by atoms with Crippen molar-refractivity contribution in [2.45, 2.75) is 43.6 Å². The van der Waals surface area contributed by atoms with Gasteiger partial charge in [-0.2, -0.15) is 0 Å². The fourth-order valence-electron chi connectivity index (χ4n) is 5.16. The standard InChI is InChI=1S/C19H28N4O4S/c1-28(26,27)23-14-19(16-4-2-9-20-17(16)23)7-5-15(6-8-19)21-10-3-11-22(13-12-21)18(24)25/h2,4,9,15H,3,5-8,10-14H2,1H3,(H,24,25). The van der Waals surface area contributed by atoms with Gasteiger partial charge in [-0.15, -0.1) is 0 Å². The molecule has 0 radical (unpaired) electrons. The minimum Gasteiger partial charge on any atom is -0.465 e. The van der Waals surface area contributed by atoms with E-state index in [2.05, 4.69) is 9.88 Å². The van der Waals surface area contributed by atoms with Crippen molar-refractivity contribution in [1.82, 2.24) is 14.8 Å². The summed E-state index contributed by atoms with van der Waals surface area (Å²) in [5.74, 6) is 0.593. The summed E-state index contributed by atoms with van der Waals surface area (Å²) in [4.78, 5) is 19.6. The molecule has 1 aromatic heterocycles. The maximum Gasteiger partial charge on any atom is 0.407 e. The lowest BCUT2D eigenvalue weighted by Crippen LogP contribution is -2.46. The smallest absolute Gasteiger partial charge is 0.407 e. The topological polar surface area (TPSA) is 94.1 Å². The number of carboxylic acid groups (broad SMARTS) is 1. The molecule has 1 amide bonds. The van der Waals surface area contributed by atoms with Crippen LogP contribution in [0.3, 0.4) is 0 Å². The molecule has 3 heterocycles. The molecule has 2 aliphatic heterocycles. The van der Waals surface area contributed by atoms with Crippen LogP contribution in [0, 0.1) is 0 Å². The number of hydrogen-bond acceptors (Lipinski definition) is 5. The number of nitrogens with zero attached hydrogens (tertiary/aromatic N) is 4. The Balaban J connectivity index is 1.48. The first kappa shape index (κ1) is 19.4. The Morgan fingerprint density at radius 2 is 1.96 bits per heavy atom. The molecule has 0 unspecified atom stereocenters. The van der Waals surface area contributed by atoms with Gasteiger partial charge in [0.2, 0.25) is 10.0 Å². The molecule has 0 atom stereocenters. The molecule has 154 valence electrons. The summed E-state index contributed by atoms with van der Waals surface area (Å²) in [6.07, 6.45) is 6.80. The third kappa shape index (κ3) is 3.45. The third-order valence-corrected chi connectivity index (χ3v) is 7.77. The summed E-state index contributed by atoms with van der Waals surface area (Å²) < 4.78 is 26.0. The van der Waals surface area contributed by atoms with Crippen molar-refractivity contribution in [3.05, 3.63) is 23.9 Å². The fraction of sp³-hybridized carbons (Fsp3) is 0.684. The quantitative estimate of drug-likeness (QED) is 0.801. The average Bonchev–Trinajstić information content (AvgIpc) is 2.81. The Bertz CT molecular complexity index is 851. The lowest BCUT2D eigenvalue weighted by molar-refractivity contribution is 0.125. The Kier molecular flexibility index (Phi) is 4.99. The number of anilines is 1. The van der Waals surface area contributed by atoms with Crippen LogP contribution >= 0.6 is 0 Å². The first-order chi connectivity index (χ1) is 13.3. The van der Waals surface area contributed by atoms with Gasteiger partial charge in [0.05, 0.1) is 6.26 Å². The molecule has 1 spiro atoms. The van der Waals surface area contributed by atoms with Crippen LogP contribution in [0.25, 0.3) is 0 Å². The van der Waals surface area contributed by atoms with E-state index in [1.807, 2.05) is 12.1 Å². The van der Waals surface area contributed by atoms with Gasteiger partial charge in [-0.1, -0.05) is 6.07 Å². The molecule has 9 heteroatoms. The number of rotatable bonds is 2. The van der Waals surface area contributed by atoms with Gasteiger partial charge in [0.1, 0.15) is 5.82 Å².